The summed E-state index contributed by atoms with van der Waals surface area (Å²) in [6.45, 7) is 8.86. The standard InChI is InChI=1S/2C18H14N3.C2H6Si.2ClH.Zr/c2*1-13-7-16-9-15(14-5-3-2-4-6-14)10-18(17(16)8-13)21-11-19-20-12-21;1-3-2;;;/h2*2-12H,1H3;1-2H3;2*1H;/q2*-1;;;;+2/p-2. The first kappa shape index (κ1) is 36.9. The first-order valence-corrected chi connectivity index (χ1v) is 21.3. The molecule has 0 saturated carbocycles. The molecule has 0 bridgehead atoms. The Morgan fingerprint density at radius 2 is 0.854 bits per heavy atom. The van der Waals surface area contributed by atoms with Crippen LogP contribution in [-0.2, 0) is 23.3 Å². The van der Waals surface area contributed by atoms with Gasteiger partial charge in [0, 0.05) is 11.4 Å². The van der Waals surface area contributed by atoms with Crippen LogP contribution in [0, 0.1) is 13.8 Å². The monoisotopic (exact) mass is 762 g/mol. The number of hydrogen-bond acceptors (Lipinski definition) is 4. The van der Waals surface area contributed by atoms with Crippen LogP contribution in [0.25, 0.3) is 55.2 Å². The zero-order chi connectivity index (χ0) is 32.0. The Kier molecular flexibility index (Phi) is 13.0. The Morgan fingerprint density at radius 3 is 1.19 bits per heavy atom. The number of hydrogen-bond donors (Lipinski definition) is 0. The molecule has 0 aliphatic rings. The summed E-state index contributed by atoms with van der Waals surface area (Å²) in [6.07, 6.45) is 6.97. The van der Waals surface area contributed by atoms with Gasteiger partial charge in [-0.05, 0) is 23.3 Å². The van der Waals surface area contributed by atoms with Crippen molar-refractivity contribution in [1.29, 1.82) is 0 Å². The van der Waals surface area contributed by atoms with E-state index in [1.54, 1.807) is 48.6 Å². The SMILES string of the molecule is C[Si](C)=[Zr+2].Cc1cc2c(-n3cnnc3)cc(-c3ccccc3)cc2[cH-]1.Cc1cc2c(-n3cnnc3)cc(-c3ccccc3)cc2[cH-]1.[Cl-].[Cl-]. The van der Waals surface area contributed by atoms with Gasteiger partial charge in [-0.1, -0.05) is 85.6 Å². The first-order valence-electron chi connectivity index (χ1n) is 15.1. The third-order valence-corrected chi connectivity index (χ3v) is 7.50. The molecule has 0 unspecified atom stereocenters. The third kappa shape index (κ3) is 8.74. The molecule has 0 N–H and O–H groups in total. The first-order chi connectivity index (χ1) is 22.4. The van der Waals surface area contributed by atoms with Crippen LogP contribution in [0.4, 0.5) is 0 Å². The maximum Gasteiger partial charge on any atom is 0.123 e. The zero-order valence-corrected chi connectivity index (χ0v) is 32.1. The molecule has 0 atom stereocenters. The maximum absolute atomic E-state index is 3.93. The van der Waals surface area contributed by atoms with Crippen LogP contribution in [-0.4, -0.2) is 35.0 Å². The van der Waals surface area contributed by atoms with Crippen molar-refractivity contribution in [3.05, 3.63) is 146 Å². The molecule has 240 valence electrons. The van der Waals surface area contributed by atoms with Gasteiger partial charge in [0.1, 0.15) is 25.3 Å². The summed E-state index contributed by atoms with van der Waals surface area (Å²) >= 11 is 1.74. The molecule has 0 aliphatic heterocycles. The summed E-state index contributed by atoms with van der Waals surface area (Å²) in [7, 11) is 0. The Balaban J connectivity index is 0.000000188. The number of rotatable bonds is 4. The Bertz CT molecular complexity index is 2050. The van der Waals surface area contributed by atoms with E-state index in [0.717, 1.165) is 11.4 Å². The van der Waals surface area contributed by atoms with Gasteiger partial charge in [0.15, 0.2) is 0 Å². The normalized spacial score (nSPS) is 10.3. The minimum absolute atomic E-state index is 0. The van der Waals surface area contributed by atoms with Crippen LogP contribution in [0.3, 0.4) is 0 Å². The molecule has 0 saturated heterocycles. The van der Waals surface area contributed by atoms with Gasteiger partial charge in [0.2, 0.25) is 0 Å². The van der Waals surface area contributed by atoms with E-state index < -0.39 is 0 Å². The van der Waals surface area contributed by atoms with Gasteiger partial charge in [0.25, 0.3) is 0 Å². The zero-order valence-electron chi connectivity index (χ0n) is 27.1. The van der Waals surface area contributed by atoms with Gasteiger partial charge in [-0.3, -0.25) is 9.13 Å². The van der Waals surface area contributed by atoms with Gasteiger partial charge in [0.05, 0.1) is 0 Å². The van der Waals surface area contributed by atoms with E-state index in [2.05, 4.69) is 144 Å². The Labute approximate surface area is 308 Å². The van der Waals surface area contributed by atoms with E-state index in [9.17, 15) is 0 Å². The molecule has 2 aromatic heterocycles. The molecule has 10 heteroatoms. The second-order valence-corrected chi connectivity index (χ2v) is 20.9. The van der Waals surface area contributed by atoms with E-state index in [-0.39, 0.29) is 30.2 Å². The minimum Gasteiger partial charge on any atom is -1.00 e. The van der Waals surface area contributed by atoms with Crippen molar-refractivity contribution in [2.24, 2.45) is 0 Å². The molecule has 6 nitrogen and oxygen atoms in total. The molecule has 8 aromatic rings. The molecule has 6 aromatic carbocycles. The van der Waals surface area contributed by atoms with Gasteiger partial charge in [-0.15, -0.1) is 77.3 Å². The van der Waals surface area contributed by atoms with Crippen molar-refractivity contribution < 1.29 is 48.1 Å². The smallest absolute Gasteiger partial charge is 0.123 e. The molecule has 0 radical (unpaired) electrons. The average Bonchev–Trinajstić information content (AvgIpc) is 3.88. The van der Waals surface area contributed by atoms with Gasteiger partial charge in [-0.25, -0.2) is 0 Å². The molecule has 0 aliphatic carbocycles. The number of halogens is 2. The van der Waals surface area contributed by atoms with Crippen molar-refractivity contribution in [2.45, 2.75) is 26.9 Å². The van der Waals surface area contributed by atoms with E-state index >= 15 is 0 Å². The van der Waals surface area contributed by atoms with Crippen LogP contribution in [0.15, 0.2) is 135 Å². The topological polar surface area (TPSA) is 61.4 Å². The number of aromatic nitrogens is 6. The Morgan fingerprint density at radius 1 is 0.521 bits per heavy atom. The molecule has 2 heterocycles. The van der Waals surface area contributed by atoms with Crippen LogP contribution >= 0.6 is 0 Å². The largest absolute Gasteiger partial charge is 1.00 e. The second kappa shape index (κ2) is 16.9. The quantitative estimate of drug-likeness (QED) is 0.205. The number of aryl methyl sites for hydroxylation is 2. The van der Waals surface area contributed by atoms with Gasteiger partial charge >= 0.3 is 41.9 Å². The van der Waals surface area contributed by atoms with E-state index in [1.165, 1.54) is 54.9 Å². The molecule has 48 heavy (non-hydrogen) atoms. The van der Waals surface area contributed by atoms with Crippen molar-refractivity contribution in [3.8, 4) is 33.6 Å². The summed E-state index contributed by atoms with van der Waals surface area (Å²) in [5.74, 6) is 0. The van der Waals surface area contributed by atoms with Crippen LogP contribution < -0.4 is 24.8 Å². The fourth-order valence-electron chi connectivity index (χ4n) is 5.57. The van der Waals surface area contributed by atoms with Crippen LogP contribution in [0.5, 0.6) is 0 Å². The van der Waals surface area contributed by atoms with Crippen molar-refractivity contribution >= 4 is 27.0 Å². The third-order valence-electron chi connectivity index (χ3n) is 7.50. The number of fused-ring (bicyclic) bond motifs is 2. The number of nitrogens with zero attached hydrogens (tertiary/aromatic N) is 6. The van der Waals surface area contributed by atoms with Gasteiger partial charge in [-0.2, -0.15) is 12.1 Å². The fourth-order valence-corrected chi connectivity index (χ4v) is 5.57. The molecule has 0 amide bonds. The summed E-state index contributed by atoms with van der Waals surface area (Å²) in [5.41, 5.74) is 9.82. The second-order valence-electron chi connectivity index (χ2n) is 11.5. The van der Waals surface area contributed by atoms with Crippen molar-refractivity contribution in [1.82, 2.24) is 29.5 Å². The molecule has 0 fully saturated rings. The Hall–Kier alpha value is -3.94. The van der Waals surface area contributed by atoms with Crippen molar-refractivity contribution in [3.63, 3.8) is 0 Å². The molecule has 8 rings (SSSR count). The minimum atomic E-state index is 0. The predicted octanol–water partition coefficient (Wildman–Crippen LogP) is 3.02. The summed E-state index contributed by atoms with van der Waals surface area (Å²) in [4.78, 5) is 0. The van der Waals surface area contributed by atoms with E-state index in [1.807, 2.05) is 21.3 Å². The summed E-state index contributed by atoms with van der Waals surface area (Å²) in [5, 5.41) is 20.7. The van der Waals surface area contributed by atoms with Crippen LogP contribution in [0.1, 0.15) is 11.1 Å². The predicted molar refractivity (Wildman–Crippen MR) is 187 cm³/mol. The van der Waals surface area contributed by atoms with Gasteiger partial charge < -0.3 is 24.8 Å². The van der Waals surface area contributed by atoms with Crippen molar-refractivity contribution in [2.75, 3.05) is 0 Å². The van der Waals surface area contributed by atoms with E-state index in [0.29, 0.717) is 0 Å². The van der Waals surface area contributed by atoms with E-state index in [4.69, 9.17) is 0 Å². The van der Waals surface area contributed by atoms with Crippen LogP contribution in [0.2, 0.25) is 13.1 Å². The number of benzene rings is 4. The molecular formula is C38H34Cl2N6SiZr-2. The summed E-state index contributed by atoms with van der Waals surface area (Å²) < 4.78 is 3.93. The average molecular weight is 765 g/mol. The maximum atomic E-state index is 3.93. The fraction of sp³-hybridized carbons (Fsp3) is 0.105. The molecule has 0 spiro atoms. The molecular weight excluding hydrogens is 731 g/mol. The summed E-state index contributed by atoms with van der Waals surface area (Å²) in [6, 6.07) is 38.6.